The van der Waals surface area contributed by atoms with Gasteiger partial charge in [-0.15, -0.1) is 0 Å². The Bertz CT molecular complexity index is 290. The topological polar surface area (TPSA) is 63.6 Å². The fourth-order valence-corrected chi connectivity index (χ4v) is 1.97. The summed E-state index contributed by atoms with van der Waals surface area (Å²) in [4.78, 5) is 22.3. The Morgan fingerprint density at radius 3 is 1.95 bits per heavy atom. The van der Waals surface area contributed by atoms with Gasteiger partial charge < -0.3 is 9.84 Å². The lowest BCUT2D eigenvalue weighted by Gasteiger charge is -2.22. The molecule has 20 heavy (non-hydrogen) atoms. The number of quaternary nitrogens is 1. The van der Waals surface area contributed by atoms with Gasteiger partial charge in [0.2, 0.25) is 0 Å². The highest BCUT2D eigenvalue weighted by Gasteiger charge is 2.31. The summed E-state index contributed by atoms with van der Waals surface area (Å²) in [6.07, 6.45) is 9.04. The summed E-state index contributed by atoms with van der Waals surface area (Å²) in [6, 6.07) is 0. The normalized spacial score (nSPS) is 11.3. The van der Waals surface area contributed by atoms with E-state index in [9.17, 15) is 9.59 Å². The fraction of sp³-hybridized carbons (Fsp3) is 0.867. The molecule has 0 heterocycles. The molecule has 0 saturated heterocycles. The van der Waals surface area contributed by atoms with Crippen molar-refractivity contribution in [1.82, 2.24) is 0 Å². The summed E-state index contributed by atoms with van der Waals surface area (Å²) in [5.41, 5.74) is 0. The molecule has 0 aliphatic heterocycles. The van der Waals surface area contributed by atoms with Gasteiger partial charge in [0.05, 0.1) is 20.7 Å². The first-order chi connectivity index (χ1) is 9.40. The Morgan fingerprint density at radius 1 is 0.950 bits per heavy atom. The molecule has 0 aromatic heterocycles. The van der Waals surface area contributed by atoms with E-state index in [2.05, 4.69) is 6.92 Å². The number of hydrogen-bond acceptors (Lipinski definition) is 3. The first kappa shape index (κ1) is 18.9. The first-order valence-corrected chi connectivity index (χ1v) is 7.62. The van der Waals surface area contributed by atoms with Gasteiger partial charge in [-0.1, -0.05) is 51.9 Å². The fourth-order valence-electron chi connectivity index (χ4n) is 1.97. The van der Waals surface area contributed by atoms with Gasteiger partial charge in [-0.2, -0.15) is 4.79 Å². The van der Waals surface area contributed by atoms with Gasteiger partial charge in [0.1, 0.15) is 0 Å². The molecule has 0 aromatic carbocycles. The third kappa shape index (κ3) is 9.78. The molecule has 0 radical (unpaired) electrons. The molecule has 0 aromatic rings. The highest BCUT2D eigenvalue weighted by molar-refractivity contribution is 5.71. The molecule has 0 aliphatic rings. The Kier molecular flexibility index (Phi) is 10.1. The van der Waals surface area contributed by atoms with Gasteiger partial charge in [-0.05, 0) is 6.42 Å². The molecule has 5 heteroatoms. The van der Waals surface area contributed by atoms with E-state index in [1.807, 2.05) is 0 Å². The maximum Gasteiger partial charge on any atom is 0.516 e. The number of carbonyl (C=O) groups is 2. The second kappa shape index (κ2) is 10.7. The van der Waals surface area contributed by atoms with Gasteiger partial charge in [-0.25, -0.2) is 9.28 Å². The number of ether oxygens (including phenoxy) is 1. The van der Waals surface area contributed by atoms with Crippen LogP contribution in [-0.4, -0.2) is 48.9 Å². The minimum absolute atomic E-state index is 0.254. The summed E-state index contributed by atoms with van der Waals surface area (Å²) >= 11 is 0. The zero-order chi connectivity index (χ0) is 15.4. The molecule has 0 saturated carbocycles. The van der Waals surface area contributed by atoms with E-state index in [1.165, 1.54) is 38.5 Å². The molecule has 0 atom stereocenters. The van der Waals surface area contributed by atoms with Crippen LogP contribution in [0.15, 0.2) is 0 Å². The second-order valence-electron chi connectivity index (χ2n) is 5.83. The van der Waals surface area contributed by atoms with E-state index in [-0.39, 0.29) is 11.0 Å². The van der Waals surface area contributed by atoms with Gasteiger partial charge in [0, 0.05) is 0 Å². The average molecular weight is 288 g/mol. The van der Waals surface area contributed by atoms with Crippen molar-refractivity contribution < 1.29 is 23.9 Å². The van der Waals surface area contributed by atoms with Crippen LogP contribution in [0.5, 0.6) is 0 Å². The van der Waals surface area contributed by atoms with Gasteiger partial charge in [-0.3, -0.25) is 0 Å². The van der Waals surface area contributed by atoms with E-state index in [4.69, 9.17) is 9.84 Å². The SMILES string of the molecule is CCCCCCCCCCOC(=O)[N+](C)(C)CC(=O)O. The number of carboxylic acids is 1. The molecule has 0 spiro atoms. The van der Waals surface area contributed by atoms with E-state index >= 15 is 0 Å². The first-order valence-electron chi connectivity index (χ1n) is 7.62. The van der Waals surface area contributed by atoms with Crippen LogP contribution in [0.25, 0.3) is 0 Å². The van der Waals surface area contributed by atoms with Crippen molar-refractivity contribution in [3.63, 3.8) is 0 Å². The van der Waals surface area contributed by atoms with Crippen LogP contribution in [0.3, 0.4) is 0 Å². The summed E-state index contributed by atoms with van der Waals surface area (Å²) in [5, 5.41) is 8.70. The van der Waals surface area contributed by atoms with Gasteiger partial charge in [0.25, 0.3) is 0 Å². The van der Waals surface area contributed by atoms with Crippen molar-refractivity contribution >= 4 is 12.1 Å². The molecule has 0 rings (SSSR count). The molecular formula is C15H30NO4+. The van der Waals surface area contributed by atoms with Crippen molar-refractivity contribution in [2.45, 2.75) is 58.3 Å². The maximum absolute atomic E-state index is 11.7. The lowest BCUT2D eigenvalue weighted by Crippen LogP contribution is -2.49. The van der Waals surface area contributed by atoms with Crippen LogP contribution < -0.4 is 0 Å². The molecular weight excluding hydrogens is 258 g/mol. The minimum Gasteiger partial charge on any atom is -0.477 e. The van der Waals surface area contributed by atoms with E-state index < -0.39 is 12.1 Å². The molecule has 0 unspecified atom stereocenters. The Morgan fingerprint density at radius 2 is 1.45 bits per heavy atom. The number of carboxylic acid groups (broad SMARTS) is 1. The molecule has 0 bridgehead atoms. The number of likely N-dealkylation sites (N-methyl/N-ethyl adjacent to an activating group) is 1. The number of carbonyl (C=O) groups excluding carboxylic acids is 1. The largest absolute Gasteiger partial charge is 0.516 e. The van der Waals surface area contributed by atoms with Crippen LogP contribution in [0.4, 0.5) is 4.79 Å². The lowest BCUT2D eigenvalue weighted by molar-refractivity contribution is -0.809. The molecule has 118 valence electrons. The average Bonchev–Trinajstić information content (AvgIpc) is 2.35. The van der Waals surface area contributed by atoms with Crippen LogP contribution in [0.2, 0.25) is 0 Å². The van der Waals surface area contributed by atoms with E-state index in [0.717, 1.165) is 12.8 Å². The van der Waals surface area contributed by atoms with Crippen LogP contribution in [0.1, 0.15) is 58.3 Å². The van der Waals surface area contributed by atoms with Crippen molar-refractivity contribution in [2.75, 3.05) is 27.2 Å². The van der Waals surface area contributed by atoms with Crippen molar-refractivity contribution in [3.8, 4) is 0 Å². The zero-order valence-corrected chi connectivity index (χ0v) is 13.2. The zero-order valence-electron chi connectivity index (χ0n) is 13.2. The third-order valence-electron chi connectivity index (χ3n) is 3.25. The van der Waals surface area contributed by atoms with Crippen molar-refractivity contribution in [3.05, 3.63) is 0 Å². The number of hydrogen-bond donors (Lipinski definition) is 1. The van der Waals surface area contributed by atoms with Gasteiger partial charge in [0.15, 0.2) is 6.54 Å². The summed E-state index contributed by atoms with van der Waals surface area (Å²) in [5.74, 6) is -1.00. The predicted octanol–water partition coefficient (Wildman–Crippen LogP) is 3.42. The Hall–Kier alpha value is -1.10. The number of unbranched alkanes of at least 4 members (excludes halogenated alkanes) is 7. The Labute approximate surface area is 122 Å². The number of aliphatic carboxylic acids is 1. The quantitative estimate of drug-likeness (QED) is 0.467. The smallest absolute Gasteiger partial charge is 0.477 e. The van der Waals surface area contributed by atoms with Gasteiger partial charge >= 0.3 is 12.1 Å². The maximum atomic E-state index is 11.7. The molecule has 1 N–H and O–H groups in total. The number of rotatable bonds is 11. The second-order valence-corrected chi connectivity index (χ2v) is 5.83. The highest BCUT2D eigenvalue weighted by atomic mass is 16.6. The van der Waals surface area contributed by atoms with Crippen molar-refractivity contribution in [2.24, 2.45) is 0 Å². The standard InChI is InChI=1S/C15H29NO4/c1-4-5-6-7-8-9-10-11-12-20-15(19)16(2,3)13-14(17)18/h4-13H2,1-3H3/p+1. The highest BCUT2D eigenvalue weighted by Crippen LogP contribution is 2.09. The summed E-state index contributed by atoms with van der Waals surface area (Å²) < 4.78 is 4.85. The lowest BCUT2D eigenvalue weighted by atomic mass is 10.1. The summed E-state index contributed by atoms with van der Waals surface area (Å²) in [6.45, 7) is 2.34. The molecule has 5 nitrogen and oxygen atoms in total. The summed E-state index contributed by atoms with van der Waals surface area (Å²) in [7, 11) is 3.09. The minimum atomic E-state index is -1.00. The third-order valence-corrected chi connectivity index (χ3v) is 3.25. The van der Waals surface area contributed by atoms with Crippen LogP contribution in [-0.2, 0) is 9.53 Å². The number of nitrogens with zero attached hydrogens (tertiary/aromatic N) is 1. The Balaban J connectivity index is 3.55. The van der Waals surface area contributed by atoms with E-state index in [1.54, 1.807) is 14.1 Å². The monoisotopic (exact) mass is 288 g/mol. The molecule has 1 amide bonds. The number of amides is 1. The molecule has 0 fully saturated rings. The van der Waals surface area contributed by atoms with Crippen LogP contribution >= 0.6 is 0 Å². The van der Waals surface area contributed by atoms with Crippen LogP contribution in [0, 0.1) is 0 Å². The van der Waals surface area contributed by atoms with Crippen molar-refractivity contribution in [1.29, 1.82) is 0 Å². The molecule has 0 aliphatic carbocycles. The predicted molar refractivity (Wildman–Crippen MR) is 78.6 cm³/mol. The van der Waals surface area contributed by atoms with E-state index in [0.29, 0.717) is 6.61 Å².